The molecule has 0 saturated heterocycles. The van der Waals surface area contributed by atoms with Gasteiger partial charge in [-0.05, 0) is 26.0 Å². The van der Waals surface area contributed by atoms with E-state index in [4.69, 9.17) is 8.94 Å². The largest absolute Gasteiger partial charge is 0.441 e. The summed E-state index contributed by atoms with van der Waals surface area (Å²) in [6.45, 7) is 3.41. The fourth-order valence-electron chi connectivity index (χ4n) is 2.32. The Hall–Kier alpha value is -3.10. The molecule has 136 valence electrons. The molecule has 1 aromatic carbocycles. The Kier molecular flexibility index (Phi) is 5.06. The maximum Gasteiger partial charge on any atom is 0.248 e. The summed E-state index contributed by atoms with van der Waals surface area (Å²) in [7, 11) is 0. The summed E-state index contributed by atoms with van der Waals surface area (Å²) in [4.78, 5) is 20.1. The topological polar surface area (TPSA) is 94.1 Å². The number of hydrogen-bond acceptors (Lipinski definition) is 6. The van der Waals surface area contributed by atoms with Gasteiger partial charge in [0.1, 0.15) is 17.7 Å². The van der Waals surface area contributed by atoms with E-state index < -0.39 is 17.7 Å². The quantitative estimate of drug-likeness (QED) is 0.724. The Labute approximate surface area is 147 Å². The summed E-state index contributed by atoms with van der Waals surface area (Å²) in [6.07, 6.45) is 1.68. The van der Waals surface area contributed by atoms with Crippen molar-refractivity contribution in [3.63, 3.8) is 0 Å². The van der Waals surface area contributed by atoms with Crippen molar-refractivity contribution in [1.82, 2.24) is 20.4 Å². The lowest BCUT2D eigenvalue weighted by Crippen LogP contribution is -2.27. The fraction of sp³-hybridized carbons (Fsp3) is 0.294. The SMILES string of the molecule is Cc1noc(C(C)NC(=O)CCc2ncc(-c3ccc(F)cc3F)o2)n1. The Morgan fingerprint density at radius 2 is 2.15 bits per heavy atom. The molecule has 1 unspecified atom stereocenters. The van der Waals surface area contributed by atoms with Crippen LogP contribution in [0.25, 0.3) is 11.3 Å². The molecule has 0 bridgehead atoms. The predicted molar refractivity (Wildman–Crippen MR) is 85.8 cm³/mol. The summed E-state index contributed by atoms with van der Waals surface area (Å²) in [5.74, 6) is -0.404. The molecule has 2 aromatic heterocycles. The maximum atomic E-state index is 13.8. The molecule has 0 radical (unpaired) electrons. The third kappa shape index (κ3) is 4.11. The van der Waals surface area contributed by atoms with Crippen molar-refractivity contribution in [2.24, 2.45) is 0 Å². The summed E-state index contributed by atoms with van der Waals surface area (Å²) >= 11 is 0. The van der Waals surface area contributed by atoms with Gasteiger partial charge in [-0.15, -0.1) is 0 Å². The molecule has 0 aliphatic rings. The second-order valence-corrected chi connectivity index (χ2v) is 5.71. The third-order valence-corrected chi connectivity index (χ3v) is 3.61. The van der Waals surface area contributed by atoms with Gasteiger partial charge in [0.05, 0.1) is 11.8 Å². The lowest BCUT2D eigenvalue weighted by atomic mass is 10.2. The highest BCUT2D eigenvalue weighted by molar-refractivity contribution is 5.76. The van der Waals surface area contributed by atoms with Crippen LogP contribution in [0.5, 0.6) is 0 Å². The van der Waals surface area contributed by atoms with Crippen molar-refractivity contribution in [3.8, 4) is 11.3 Å². The van der Waals surface area contributed by atoms with E-state index >= 15 is 0 Å². The average Bonchev–Trinajstić information content (AvgIpc) is 3.22. The second kappa shape index (κ2) is 7.42. The summed E-state index contributed by atoms with van der Waals surface area (Å²) in [6, 6.07) is 2.76. The van der Waals surface area contributed by atoms with Crippen LogP contribution < -0.4 is 5.32 Å². The predicted octanol–water partition coefficient (Wildman–Crippen LogP) is 3.12. The van der Waals surface area contributed by atoms with Crippen molar-refractivity contribution in [1.29, 1.82) is 0 Å². The maximum absolute atomic E-state index is 13.8. The lowest BCUT2D eigenvalue weighted by molar-refractivity contribution is -0.121. The minimum Gasteiger partial charge on any atom is -0.441 e. The van der Waals surface area contributed by atoms with Crippen molar-refractivity contribution in [3.05, 3.63) is 53.6 Å². The number of carbonyl (C=O) groups is 1. The first kappa shape index (κ1) is 17.7. The molecular formula is C17H16F2N4O3. The van der Waals surface area contributed by atoms with Crippen LogP contribution in [0.4, 0.5) is 8.78 Å². The zero-order valence-corrected chi connectivity index (χ0v) is 14.1. The average molecular weight is 362 g/mol. The van der Waals surface area contributed by atoms with E-state index in [1.165, 1.54) is 12.3 Å². The van der Waals surface area contributed by atoms with Gasteiger partial charge < -0.3 is 14.3 Å². The molecule has 3 rings (SSSR count). The molecule has 1 N–H and O–H groups in total. The highest BCUT2D eigenvalue weighted by atomic mass is 19.1. The Balaban J connectivity index is 1.57. The molecule has 1 amide bonds. The van der Waals surface area contributed by atoms with Crippen LogP contribution in [0.3, 0.4) is 0 Å². The number of carbonyl (C=O) groups excluding carboxylic acids is 1. The summed E-state index contributed by atoms with van der Waals surface area (Å²) < 4.78 is 37.1. The van der Waals surface area contributed by atoms with E-state index in [9.17, 15) is 13.6 Å². The first-order valence-corrected chi connectivity index (χ1v) is 7.92. The number of halogens is 2. The molecule has 7 nitrogen and oxygen atoms in total. The molecule has 0 spiro atoms. The van der Waals surface area contributed by atoms with Gasteiger partial charge in [0, 0.05) is 18.9 Å². The number of nitrogens with one attached hydrogen (secondary N) is 1. The van der Waals surface area contributed by atoms with E-state index in [0.717, 1.165) is 12.1 Å². The minimum atomic E-state index is -0.742. The highest BCUT2D eigenvalue weighted by Crippen LogP contribution is 2.24. The van der Waals surface area contributed by atoms with Crippen LogP contribution in [-0.2, 0) is 11.2 Å². The number of rotatable bonds is 6. The van der Waals surface area contributed by atoms with E-state index in [0.29, 0.717) is 11.7 Å². The normalized spacial score (nSPS) is 12.2. The van der Waals surface area contributed by atoms with Gasteiger partial charge in [0.25, 0.3) is 0 Å². The van der Waals surface area contributed by atoms with Gasteiger partial charge in [-0.3, -0.25) is 4.79 Å². The van der Waals surface area contributed by atoms with Crippen molar-refractivity contribution in [2.75, 3.05) is 0 Å². The molecule has 26 heavy (non-hydrogen) atoms. The van der Waals surface area contributed by atoms with E-state index in [2.05, 4.69) is 20.4 Å². The highest BCUT2D eigenvalue weighted by Gasteiger charge is 2.17. The van der Waals surface area contributed by atoms with Gasteiger partial charge >= 0.3 is 0 Å². The smallest absolute Gasteiger partial charge is 0.248 e. The van der Waals surface area contributed by atoms with Crippen molar-refractivity contribution >= 4 is 5.91 Å². The van der Waals surface area contributed by atoms with E-state index in [1.807, 2.05) is 0 Å². The van der Waals surface area contributed by atoms with Crippen LogP contribution >= 0.6 is 0 Å². The van der Waals surface area contributed by atoms with E-state index in [-0.39, 0.29) is 36.0 Å². The number of aryl methyl sites for hydroxylation is 2. The number of hydrogen-bond donors (Lipinski definition) is 1. The standard InChI is InChI=1S/C17H16F2N4O3/c1-9(17-22-10(2)23-26-17)21-15(24)5-6-16-20-8-14(25-16)12-4-3-11(18)7-13(12)19/h3-4,7-9H,5-6H2,1-2H3,(H,21,24). The monoisotopic (exact) mass is 362 g/mol. The number of aromatic nitrogens is 3. The van der Waals surface area contributed by atoms with E-state index in [1.54, 1.807) is 13.8 Å². The van der Waals surface area contributed by atoms with Crippen molar-refractivity contribution < 1.29 is 22.5 Å². The Morgan fingerprint density at radius 3 is 2.85 bits per heavy atom. The number of benzene rings is 1. The molecule has 2 heterocycles. The first-order chi connectivity index (χ1) is 12.4. The first-order valence-electron chi connectivity index (χ1n) is 7.92. The number of nitrogens with zero attached hydrogens (tertiary/aromatic N) is 3. The van der Waals surface area contributed by atoms with Gasteiger partial charge in [-0.1, -0.05) is 5.16 Å². The molecule has 9 heteroatoms. The molecule has 0 aliphatic heterocycles. The van der Waals surface area contributed by atoms with Gasteiger partial charge in [0.2, 0.25) is 11.8 Å². The molecule has 0 aliphatic carbocycles. The third-order valence-electron chi connectivity index (χ3n) is 3.61. The molecule has 0 saturated carbocycles. The molecule has 1 atom stereocenters. The molecule has 0 fully saturated rings. The number of amides is 1. The Bertz CT molecular complexity index is 922. The second-order valence-electron chi connectivity index (χ2n) is 5.71. The zero-order chi connectivity index (χ0) is 18.7. The summed E-state index contributed by atoms with van der Waals surface area (Å²) in [5.41, 5.74) is 0.106. The lowest BCUT2D eigenvalue weighted by Gasteiger charge is -2.08. The Morgan fingerprint density at radius 1 is 1.35 bits per heavy atom. The van der Waals surface area contributed by atoms with Crippen LogP contribution in [0, 0.1) is 18.6 Å². The number of oxazole rings is 1. The van der Waals surface area contributed by atoms with Crippen molar-refractivity contribution in [2.45, 2.75) is 32.7 Å². The van der Waals surface area contributed by atoms with Crippen LogP contribution in [0.1, 0.15) is 37.0 Å². The van der Waals surface area contributed by atoms with Gasteiger partial charge in [0.15, 0.2) is 17.5 Å². The van der Waals surface area contributed by atoms with Crippen LogP contribution in [0.2, 0.25) is 0 Å². The van der Waals surface area contributed by atoms with Crippen LogP contribution in [-0.4, -0.2) is 21.0 Å². The zero-order valence-electron chi connectivity index (χ0n) is 14.1. The van der Waals surface area contributed by atoms with Crippen LogP contribution in [0.15, 0.2) is 33.3 Å². The minimum absolute atomic E-state index is 0.106. The van der Waals surface area contributed by atoms with Gasteiger partial charge in [-0.2, -0.15) is 4.98 Å². The molecular weight excluding hydrogens is 346 g/mol. The fourth-order valence-corrected chi connectivity index (χ4v) is 2.32. The molecule has 3 aromatic rings. The summed E-state index contributed by atoms with van der Waals surface area (Å²) in [5, 5.41) is 6.39. The van der Waals surface area contributed by atoms with Gasteiger partial charge in [-0.25, -0.2) is 13.8 Å².